The zero-order chi connectivity index (χ0) is 37.2. The van der Waals surface area contributed by atoms with Crippen molar-refractivity contribution in [2.24, 2.45) is 0 Å². The highest BCUT2D eigenvalue weighted by atomic mass is 16.3. The van der Waals surface area contributed by atoms with Crippen molar-refractivity contribution in [3.63, 3.8) is 0 Å². The number of aryl methyl sites for hydroxylation is 1. The summed E-state index contributed by atoms with van der Waals surface area (Å²) in [6.45, 7) is 2.13. The molecule has 0 bridgehead atoms. The van der Waals surface area contributed by atoms with E-state index < -0.39 is 0 Å². The van der Waals surface area contributed by atoms with Crippen LogP contribution in [0.1, 0.15) is 5.56 Å². The molecular weight excluding hydrogens is 681 g/mol. The summed E-state index contributed by atoms with van der Waals surface area (Å²) in [4.78, 5) is 2.43. The van der Waals surface area contributed by atoms with Gasteiger partial charge in [-0.15, -0.1) is 0 Å². The van der Waals surface area contributed by atoms with Gasteiger partial charge in [0, 0.05) is 55.7 Å². The first-order valence-corrected chi connectivity index (χ1v) is 19.2. The number of furan rings is 1. The van der Waals surface area contributed by atoms with Gasteiger partial charge in [-0.05, 0) is 90.7 Å². The van der Waals surface area contributed by atoms with Gasteiger partial charge in [-0.2, -0.15) is 0 Å². The molecule has 11 rings (SSSR count). The molecule has 0 saturated heterocycles. The summed E-state index contributed by atoms with van der Waals surface area (Å²) in [6.07, 6.45) is 0. The number of hydrogen-bond acceptors (Lipinski definition) is 3. The van der Waals surface area contributed by atoms with E-state index in [2.05, 4.69) is 204 Å². The molecule has 0 fully saturated rings. The summed E-state index contributed by atoms with van der Waals surface area (Å²) < 4.78 is 9.10. The van der Waals surface area contributed by atoms with Crippen LogP contribution in [0.2, 0.25) is 0 Å². The summed E-state index contributed by atoms with van der Waals surface area (Å²) in [5.74, 6) is 0.878. The molecule has 1 aliphatic heterocycles. The number of nitrogens with one attached hydrogen (secondary N) is 1. The predicted molar refractivity (Wildman–Crippen MR) is 237 cm³/mol. The molecule has 4 nitrogen and oxygen atoms in total. The van der Waals surface area contributed by atoms with Crippen molar-refractivity contribution in [3.05, 3.63) is 194 Å². The Hall–Kier alpha value is -7.24. The Balaban J connectivity index is 1.24. The molecule has 0 unspecified atom stereocenters. The van der Waals surface area contributed by atoms with Crippen molar-refractivity contribution in [2.45, 2.75) is 6.92 Å². The molecule has 1 N–H and O–H groups in total. The highest BCUT2D eigenvalue weighted by Crippen LogP contribution is 2.47. The van der Waals surface area contributed by atoms with Gasteiger partial charge in [0.15, 0.2) is 7.28 Å². The predicted octanol–water partition coefficient (Wildman–Crippen LogP) is 12.1. The van der Waals surface area contributed by atoms with Gasteiger partial charge in [0.05, 0.1) is 16.7 Å². The van der Waals surface area contributed by atoms with E-state index in [-0.39, 0.29) is 0 Å². The van der Waals surface area contributed by atoms with Crippen molar-refractivity contribution in [1.29, 1.82) is 0 Å². The van der Waals surface area contributed by atoms with Gasteiger partial charge in [-0.25, -0.2) is 0 Å². The van der Waals surface area contributed by atoms with Crippen molar-refractivity contribution in [1.82, 2.24) is 4.57 Å². The van der Waals surface area contributed by atoms with Gasteiger partial charge in [-0.3, -0.25) is 0 Å². The van der Waals surface area contributed by atoms with Gasteiger partial charge >= 0.3 is 0 Å². The number of para-hydroxylation sites is 4. The number of anilines is 5. The third-order valence-electron chi connectivity index (χ3n) is 11.2. The fraction of sp³-hybridized carbons (Fsp3) is 0.0196. The zero-order valence-corrected chi connectivity index (χ0v) is 30.9. The molecule has 8 aromatic carbocycles. The largest absolute Gasteiger partial charge is 0.456 e. The molecule has 3 heterocycles. The van der Waals surface area contributed by atoms with Crippen LogP contribution in [-0.4, -0.2) is 11.8 Å². The van der Waals surface area contributed by atoms with Gasteiger partial charge in [-0.1, -0.05) is 126 Å². The molecule has 0 aliphatic carbocycles. The van der Waals surface area contributed by atoms with Crippen LogP contribution in [0.15, 0.2) is 192 Å². The number of aromatic nitrogens is 1. The average Bonchev–Trinajstić information content (AvgIpc) is 3.83. The van der Waals surface area contributed by atoms with Crippen molar-refractivity contribution < 1.29 is 4.42 Å². The molecule has 1 aliphatic rings. The van der Waals surface area contributed by atoms with E-state index in [1.165, 1.54) is 49.5 Å². The fourth-order valence-electron chi connectivity index (χ4n) is 8.66. The van der Waals surface area contributed by atoms with Crippen LogP contribution < -0.4 is 21.1 Å². The minimum absolute atomic E-state index is 0.755. The fourth-order valence-corrected chi connectivity index (χ4v) is 8.66. The quantitative estimate of drug-likeness (QED) is 0.167. The molecule has 0 saturated carbocycles. The highest BCUT2D eigenvalue weighted by molar-refractivity contribution is 6.74. The molecule has 10 aromatic rings. The van der Waals surface area contributed by atoms with Crippen LogP contribution >= 0.6 is 0 Å². The first-order chi connectivity index (χ1) is 27.7. The lowest BCUT2D eigenvalue weighted by Crippen LogP contribution is -2.37. The van der Waals surface area contributed by atoms with Gasteiger partial charge < -0.3 is 19.2 Å². The van der Waals surface area contributed by atoms with Crippen LogP contribution in [0.5, 0.6) is 0 Å². The topological polar surface area (TPSA) is 33.3 Å². The minimum Gasteiger partial charge on any atom is -0.456 e. The Labute approximate surface area is 326 Å². The van der Waals surface area contributed by atoms with Gasteiger partial charge in [0.25, 0.3) is 0 Å². The second-order valence-corrected chi connectivity index (χ2v) is 14.7. The lowest BCUT2D eigenvalue weighted by atomic mass is 9.59. The Bertz CT molecular complexity index is 3040. The Kier molecular flexibility index (Phi) is 7.46. The monoisotopic (exact) mass is 717 g/mol. The third-order valence-corrected chi connectivity index (χ3v) is 11.2. The van der Waals surface area contributed by atoms with Crippen LogP contribution in [0.3, 0.4) is 0 Å². The maximum absolute atomic E-state index is 6.58. The number of benzene rings is 8. The molecule has 2 aromatic heterocycles. The van der Waals surface area contributed by atoms with Crippen LogP contribution in [0.4, 0.5) is 28.4 Å². The molecule has 5 heteroatoms. The summed E-state index contributed by atoms with van der Waals surface area (Å²) in [7, 11) is 0.755. The summed E-state index contributed by atoms with van der Waals surface area (Å²) in [5, 5.41) is 7.34. The standard InChI is InChI=1S/C51H36BN3O/c1-33-25-27-36(28-26-33)53-43-23-13-11-21-39(43)41-31-46(54(37-17-7-3-8-18-37)38-19-9-4-10-20-38)49-40-22-12-14-24-44(40)55-45-29-35-30-47(34-15-5-2-6-16-34)56-48(35)32-42(45)52-50(41)51(49)55/h2-32,52-53H,1H3. The molecule has 0 radical (unpaired) electrons. The van der Waals surface area contributed by atoms with E-state index in [9.17, 15) is 0 Å². The second kappa shape index (κ2) is 13.0. The van der Waals surface area contributed by atoms with E-state index in [4.69, 9.17) is 4.42 Å². The van der Waals surface area contributed by atoms with Crippen molar-refractivity contribution in [2.75, 3.05) is 10.2 Å². The number of fused-ring (bicyclic) bond motifs is 6. The molecule has 0 atom stereocenters. The van der Waals surface area contributed by atoms with Crippen molar-refractivity contribution in [3.8, 4) is 28.1 Å². The summed E-state index contributed by atoms with van der Waals surface area (Å²) >= 11 is 0. The minimum atomic E-state index is 0.755. The molecule has 56 heavy (non-hydrogen) atoms. The first kappa shape index (κ1) is 32.2. The summed E-state index contributed by atoms with van der Waals surface area (Å²) in [5.41, 5.74) is 17.2. The average molecular weight is 718 g/mol. The number of nitrogens with zero attached hydrogens (tertiary/aromatic N) is 2. The normalized spacial score (nSPS) is 11.8. The first-order valence-electron chi connectivity index (χ1n) is 19.2. The maximum Gasteiger partial charge on any atom is 0.198 e. The third kappa shape index (κ3) is 5.24. The maximum atomic E-state index is 6.58. The van der Waals surface area contributed by atoms with E-state index in [1.54, 1.807) is 0 Å². The Morgan fingerprint density at radius 1 is 0.607 bits per heavy atom. The van der Waals surface area contributed by atoms with Crippen LogP contribution in [0, 0.1) is 6.92 Å². The van der Waals surface area contributed by atoms with Gasteiger partial charge in [0.1, 0.15) is 11.3 Å². The van der Waals surface area contributed by atoms with E-state index in [0.29, 0.717) is 0 Å². The van der Waals surface area contributed by atoms with Crippen LogP contribution in [0.25, 0.3) is 60.9 Å². The molecular formula is C51H36BN3O. The molecule has 0 amide bonds. The van der Waals surface area contributed by atoms with E-state index >= 15 is 0 Å². The summed E-state index contributed by atoms with van der Waals surface area (Å²) in [6, 6.07) is 67.4. The number of hydrogen-bond donors (Lipinski definition) is 1. The Morgan fingerprint density at radius 3 is 2.02 bits per heavy atom. The van der Waals surface area contributed by atoms with Crippen molar-refractivity contribution >= 4 is 79.4 Å². The van der Waals surface area contributed by atoms with Gasteiger partial charge in [0.2, 0.25) is 0 Å². The zero-order valence-electron chi connectivity index (χ0n) is 30.9. The van der Waals surface area contributed by atoms with Crippen LogP contribution in [-0.2, 0) is 0 Å². The van der Waals surface area contributed by atoms with E-state index in [1.807, 2.05) is 6.07 Å². The molecule has 264 valence electrons. The van der Waals surface area contributed by atoms with E-state index in [0.717, 1.165) is 63.6 Å². The number of rotatable bonds is 7. The second-order valence-electron chi connectivity index (χ2n) is 14.7. The lowest BCUT2D eigenvalue weighted by molar-refractivity contribution is 0.632. The SMILES string of the molecule is Cc1ccc(Nc2ccccc2-c2cc(N(c3ccccc3)c3ccccc3)c3c4ccccc4n4c3c2Bc2cc3oc(-c5ccccc5)cc3cc2-4)cc1. The Morgan fingerprint density at radius 2 is 1.27 bits per heavy atom. The molecule has 0 spiro atoms. The lowest BCUT2D eigenvalue weighted by Gasteiger charge is -2.30. The highest BCUT2D eigenvalue weighted by Gasteiger charge is 2.31. The smallest absolute Gasteiger partial charge is 0.198 e.